The topological polar surface area (TPSA) is 33.1 Å². The van der Waals surface area contributed by atoms with Crippen molar-refractivity contribution in [3.8, 4) is 0 Å². The highest BCUT2D eigenvalue weighted by atomic mass is 15.3. The van der Waals surface area contributed by atoms with Crippen LogP contribution in [0.1, 0.15) is 44.6 Å². The summed E-state index contributed by atoms with van der Waals surface area (Å²) in [7, 11) is 2.00. The van der Waals surface area contributed by atoms with E-state index in [0.717, 1.165) is 31.2 Å². The largest absolute Gasteiger partial charge is 0.314 e. The Hall–Kier alpha value is -0.870. The second-order valence-electron chi connectivity index (χ2n) is 6.16. The molecule has 2 atom stereocenters. The molecule has 106 valence electrons. The minimum atomic E-state index is 0.741. The number of piperidine rings is 2. The van der Waals surface area contributed by atoms with E-state index < -0.39 is 0 Å². The van der Waals surface area contributed by atoms with Crippen LogP contribution in [0.5, 0.6) is 0 Å². The van der Waals surface area contributed by atoms with E-state index in [4.69, 9.17) is 0 Å². The summed E-state index contributed by atoms with van der Waals surface area (Å²) >= 11 is 0. The van der Waals surface area contributed by atoms with Gasteiger partial charge in [-0.15, -0.1) is 0 Å². The normalized spacial score (nSPS) is 31.6. The van der Waals surface area contributed by atoms with E-state index >= 15 is 0 Å². The van der Waals surface area contributed by atoms with Gasteiger partial charge in [0, 0.05) is 43.5 Å². The molecule has 1 aromatic rings. The quantitative estimate of drug-likeness (QED) is 0.900. The van der Waals surface area contributed by atoms with Crippen molar-refractivity contribution in [2.24, 2.45) is 7.05 Å². The van der Waals surface area contributed by atoms with Gasteiger partial charge >= 0.3 is 0 Å². The Morgan fingerprint density at radius 1 is 1.32 bits per heavy atom. The van der Waals surface area contributed by atoms with Gasteiger partial charge in [-0.1, -0.05) is 13.3 Å². The summed E-state index contributed by atoms with van der Waals surface area (Å²) in [5, 5.41) is 7.96. The van der Waals surface area contributed by atoms with Crippen LogP contribution in [0.2, 0.25) is 0 Å². The molecule has 2 bridgehead atoms. The van der Waals surface area contributed by atoms with Crippen molar-refractivity contribution in [1.82, 2.24) is 20.0 Å². The van der Waals surface area contributed by atoms with Crippen molar-refractivity contribution in [3.63, 3.8) is 0 Å². The lowest BCUT2D eigenvalue weighted by Crippen LogP contribution is -2.55. The van der Waals surface area contributed by atoms with Crippen LogP contribution in [-0.2, 0) is 13.6 Å². The number of rotatable bonds is 4. The van der Waals surface area contributed by atoms with Gasteiger partial charge in [0.15, 0.2) is 0 Å². The fourth-order valence-electron chi connectivity index (χ4n) is 3.96. The smallest absolute Gasteiger partial charge is 0.0534 e. The van der Waals surface area contributed by atoms with Crippen molar-refractivity contribution in [1.29, 1.82) is 0 Å². The maximum atomic E-state index is 4.30. The molecule has 1 N–H and O–H groups in total. The van der Waals surface area contributed by atoms with E-state index in [2.05, 4.69) is 28.4 Å². The molecule has 0 amide bonds. The number of aryl methyl sites for hydroxylation is 1. The maximum absolute atomic E-state index is 4.30. The minimum Gasteiger partial charge on any atom is -0.314 e. The molecule has 1 aromatic heterocycles. The van der Waals surface area contributed by atoms with Gasteiger partial charge in [-0.3, -0.25) is 9.58 Å². The third-order valence-corrected chi connectivity index (χ3v) is 4.74. The summed E-state index contributed by atoms with van der Waals surface area (Å²) in [6, 6.07) is 2.29. The maximum Gasteiger partial charge on any atom is 0.0534 e. The highest BCUT2D eigenvalue weighted by Gasteiger charge is 2.37. The molecule has 4 heteroatoms. The monoisotopic (exact) mass is 262 g/mol. The van der Waals surface area contributed by atoms with E-state index in [9.17, 15) is 0 Å². The molecule has 2 unspecified atom stereocenters. The molecule has 4 nitrogen and oxygen atoms in total. The van der Waals surface area contributed by atoms with Gasteiger partial charge < -0.3 is 5.32 Å². The lowest BCUT2D eigenvalue weighted by atomic mass is 9.81. The van der Waals surface area contributed by atoms with Crippen LogP contribution < -0.4 is 5.32 Å². The highest BCUT2D eigenvalue weighted by molar-refractivity contribution is 5.06. The molecule has 3 heterocycles. The van der Waals surface area contributed by atoms with Gasteiger partial charge in [0.2, 0.25) is 0 Å². The summed E-state index contributed by atoms with van der Waals surface area (Å²) < 4.78 is 1.91. The van der Waals surface area contributed by atoms with E-state index in [1.807, 2.05) is 17.9 Å². The summed E-state index contributed by atoms with van der Waals surface area (Å²) in [5.41, 5.74) is 1.36. The van der Waals surface area contributed by atoms with Crippen LogP contribution in [0.3, 0.4) is 0 Å². The van der Waals surface area contributed by atoms with Crippen LogP contribution in [0.25, 0.3) is 0 Å². The van der Waals surface area contributed by atoms with Crippen molar-refractivity contribution >= 4 is 0 Å². The van der Waals surface area contributed by atoms with Crippen molar-refractivity contribution in [2.75, 3.05) is 6.54 Å². The number of hydrogen-bond acceptors (Lipinski definition) is 3. The average molecular weight is 262 g/mol. The molecule has 2 fully saturated rings. The van der Waals surface area contributed by atoms with Gasteiger partial charge in [-0.25, -0.2) is 0 Å². The lowest BCUT2D eigenvalue weighted by molar-refractivity contribution is 0.0180. The predicted octanol–water partition coefficient (Wildman–Crippen LogP) is 1.92. The van der Waals surface area contributed by atoms with Gasteiger partial charge in [-0.2, -0.15) is 5.10 Å². The summed E-state index contributed by atoms with van der Waals surface area (Å²) in [6.45, 7) is 4.41. The first-order valence-electron chi connectivity index (χ1n) is 7.73. The SMILES string of the molecule is CCNC1CC2CCCC(C1)N2Cc1cnn(C)c1. The molecule has 19 heavy (non-hydrogen) atoms. The fourth-order valence-corrected chi connectivity index (χ4v) is 3.96. The zero-order valence-corrected chi connectivity index (χ0v) is 12.2. The number of fused-ring (bicyclic) bond motifs is 2. The Morgan fingerprint density at radius 3 is 2.63 bits per heavy atom. The second-order valence-corrected chi connectivity index (χ2v) is 6.16. The second kappa shape index (κ2) is 5.63. The Morgan fingerprint density at radius 2 is 2.05 bits per heavy atom. The Balaban J connectivity index is 1.68. The molecular formula is C15H26N4. The Kier molecular flexibility index (Phi) is 3.89. The first-order chi connectivity index (χ1) is 9.26. The standard InChI is InChI=1S/C15H26N4/c1-3-16-13-7-14-5-4-6-15(8-13)19(14)11-12-9-17-18(2)10-12/h9-10,13-16H,3-8,11H2,1-2H3. The molecular weight excluding hydrogens is 236 g/mol. The van der Waals surface area contributed by atoms with Crippen LogP contribution in [0, 0.1) is 0 Å². The van der Waals surface area contributed by atoms with E-state index in [0.29, 0.717) is 0 Å². The van der Waals surface area contributed by atoms with E-state index in [1.54, 1.807) is 0 Å². The van der Waals surface area contributed by atoms with Crippen molar-refractivity contribution in [2.45, 2.75) is 63.7 Å². The molecule has 0 aliphatic carbocycles. The zero-order valence-electron chi connectivity index (χ0n) is 12.2. The highest BCUT2D eigenvalue weighted by Crippen LogP contribution is 2.35. The van der Waals surface area contributed by atoms with E-state index in [-0.39, 0.29) is 0 Å². The average Bonchev–Trinajstić information content (AvgIpc) is 2.76. The fraction of sp³-hybridized carbons (Fsp3) is 0.800. The number of nitrogens with zero attached hydrogens (tertiary/aromatic N) is 3. The first-order valence-corrected chi connectivity index (χ1v) is 7.73. The molecule has 2 saturated heterocycles. The van der Waals surface area contributed by atoms with Crippen LogP contribution in [-0.4, -0.2) is 39.4 Å². The molecule has 2 aliphatic rings. The molecule has 0 aromatic carbocycles. The molecule has 0 spiro atoms. The zero-order chi connectivity index (χ0) is 13.2. The minimum absolute atomic E-state index is 0.741. The van der Waals surface area contributed by atoms with Gasteiger partial charge in [-0.05, 0) is 32.2 Å². The van der Waals surface area contributed by atoms with Gasteiger partial charge in [0.05, 0.1) is 6.20 Å². The van der Waals surface area contributed by atoms with Crippen LogP contribution >= 0.6 is 0 Å². The van der Waals surface area contributed by atoms with Crippen molar-refractivity contribution < 1.29 is 0 Å². The predicted molar refractivity (Wildman–Crippen MR) is 76.9 cm³/mol. The Labute approximate surface area is 116 Å². The number of aromatic nitrogens is 2. The van der Waals surface area contributed by atoms with Crippen molar-refractivity contribution in [3.05, 3.63) is 18.0 Å². The lowest BCUT2D eigenvalue weighted by Gasteiger charge is -2.49. The summed E-state index contributed by atoms with van der Waals surface area (Å²) in [4.78, 5) is 2.74. The number of hydrogen-bond donors (Lipinski definition) is 1. The Bertz CT molecular complexity index is 400. The van der Waals surface area contributed by atoms with E-state index in [1.165, 1.54) is 37.7 Å². The number of nitrogens with one attached hydrogen (secondary N) is 1. The summed E-state index contributed by atoms with van der Waals surface area (Å²) in [6.07, 6.45) is 11.0. The molecule has 3 rings (SSSR count). The molecule has 2 aliphatic heterocycles. The van der Waals surface area contributed by atoms with Gasteiger partial charge in [0.25, 0.3) is 0 Å². The van der Waals surface area contributed by atoms with Crippen LogP contribution in [0.15, 0.2) is 12.4 Å². The summed E-state index contributed by atoms with van der Waals surface area (Å²) in [5.74, 6) is 0. The molecule has 0 saturated carbocycles. The third kappa shape index (κ3) is 2.84. The third-order valence-electron chi connectivity index (χ3n) is 4.74. The molecule has 0 radical (unpaired) electrons. The van der Waals surface area contributed by atoms with Crippen LogP contribution in [0.4, 0.5) is 0 Å². The van der Waals surface area contributed by atoms with Gasteiger partial charge in [0.1, 0.15) is 0 Å². The first kappa shape index (κ1) is 13.1.